The highest BCUT2D eigenvalue weighted by molar-refractivity contribution is 9.10. The fourth-order valence-electron chi connectivity index (χ4n) is 1.63. The first-order valence-corrected chi connectivity index (χ1v) is 6.22. The molecule has 0 aliphatic heterocycles. The second kappa shape index (κ2) is 4.50. The molecule has 0 radical (unpaired) electrons. The van der Waals surface area contributed by atoms with Gasteiger partial charge < -0.3 is 0 Å². The molecule has 1 aromatic carbocycles. The number of halogens is 4. The second-order valence-corrected chi connectivity index (χ2v) is 5.29. The van der Waals surface area contributed by atoms with Crippen molar-refractivity contribution in [1.29, 1.82) is 0 Å². The molecule has 0 aliphatic rings. The zero-order valence-electron chi connectivity index (χ0n) is 9.19. The van der Waals surface area contributed by atoms with Crippen LogP contribution in [0.2, 0.25) is 5.15 Å². The zero-order valence-corrected chi connectivity index (χ0v) is 11.5. The Bertz CT molecular complexity index is 599. The highest BCUT2D eigenvalue weighted by Gasteiger charge is 2.16. The van der Waals surface area contributed by atoms with Crippen LogP contribution in [0.4, 0.5) is 8.78 Å². The van der Waals surface area contributed by atoms with Crippen LogP contribution in [0, 0.1) is 11.6 Å². The van der Waals surface area contributed by atoms with Gasteiger partial charge in [0.25, 0.3) is 0 Å². The lowest BCUT2D eigenvalue weighted by atomic mass is 10.0. The molecule has 0 aliphatic carbocycles. The largest absolute Gasteiger partial charge is 0.233 e. The fraction of sp³-hybridized carbons (Fsp3) is 0.250. The topological polar surface area (TPSA) is 12.9 Å². The molecule has 17 heavy (non-hydrogen) atoms. The number of rotatable bonds is 1. The third kappa shape index (κ3) is 2.16. The van der Waals surface area contributed by atoms with E-state index < -0.39 is 11.6 Å². The summed E-state index contributed by atoms with van der Waals surface area (Å²) in [6.45, 7) is 3.84. The van der Waals surface area contributed by atoms with Crippen molar-refractivity contribution in [3.05, 3.63) is 39.0 Å². The molecule has 0 atom stereocenters. The maximum absolute atomic E-state index is 13.9. The van der Waals surface area contributed by atoms with Crippen LogP contribution in [-0.4, -0.2) is 4.98 Å². The number of hydrogen-bond donors (Lipinski definition) is 0. The molecule has 1 nitrogen and oxygen atoms in total. The molecule has 0 bridgehead atoms. The number of fused-ring (bicyclic) bond motifs is 1. The Balaban J connectivity index is 2.88. The van der Waals surface area contributed by atoms with Gasteiger partial charge in [0.05, 0.1) is 4.47 Å². The highest BCUT2D eigenvalue weighted by atomic mass is 79.9. The van der Waals surface area contributed by atoms with Crippen molar-refractivity contribution in [1.82, 2.24) is 4.98 Å². The van der Waals surface area contributed by atoms with E-state index in [1.807, 2.05) is 13.8 Å². The van der Waals surface area contributed by atoms with Gasteiger partial charge in [-0.2, -0.15) is 0 Å². The Hall–Kier alpha value is -0.740. The van der Waals surface area contributed by atoms with Gasteiger partial charge in [0, 0.05) is 5.39 Å². The summed E-state index contributed by atoms with van der Waals surface area (Å²) in [5.74, 6) is -1.02. The Labute approximate surface area is 111 Å². The van der Waals surface area contributed by atoms with E-state index in [1.165, 1.54) is 0 Å². The van der Waals surface area contributed by atoms with Gasteiger partial charge in [-0.15, -0.1) is 0 Å². The Morgan fingerprint density at radius 3 is 2.53 bits per heavy atom. The van der Waals surface area contributed by atoms with Crippen LogP contribution < -0.4 is 0 Å². The molecule has 0 saturated carbocycles. The Kier molecular flexibility index (Phi) is 3.36. The first-order valence-electron chi connectivity index (χ1n) is 5.05. The van der Waals surface area contributed by atoms with Crippen molar-refractivity contribution in [3.8, 4) is 0 Å². The predicted molar refractivity (Wildman–Crippen MR) is 68.5 cm³/mol. The van der Waals surface area contributed by atoms with Gasteiger partial charge in [0.1, 0.15) is 16.5 Å². The summed E-state index contributed by atoms with van der Waals surface area (Å²) < 4.78 is 27.6. The van der Waals surface area contributed by atoms with Crippen molar-refractivity contribution in [3.63, 3.8) is 0 Å². The number of benzene rings is 1. The van der Waals surface area contributed by atoms with Gasteiger partial charge >= 0.3 is 0 Å². The maximum atomic E-state index is 13.9. The number of nitrogens with zero attached hydrogens (tertiary/aromatic N) is 1. The number of aromatic nitrogens is 1. The van der Waals surface area contributed by atoms with Crippen LogP contribution in [0.1, 0.15) is 25.3 Å². The highest BCUT2D eigenvalue weighted by Crippen LogP contribution is 2.32. The Morgan fingerprint density at radius 1 is 1.29 bits per heavy atom. The average molecular weight is 321 g/mol. The van der Waals surface area contributed by atoms with E-state index >= 15 is 0 Å². The predicted octanol–water partition coefficient (Wildman–Crippen LogP) is 5.05. The lowest BCUT2D eigenvalue weighted by Gasteiger charge is -2.10. The van der Waals surface area contributed by atoms with Crippen molar-refractivity contribution >= 4 is 38.4 Å². The number of pyridine rings is 1. The zero-order chi connectivity index (χ0) is 12.7. The summed E-state index contributed by atoms with van der Waals surface area (Å²) >= 11 is 8.92. The molecule has 0 saturated heterocycles. The second-order valence-electron chi connectivity index (χ2n) is 4.07. The minimum Gasteiger partial charge on any atom is -0.233 e. The molecule has 0 unspecified atom stereocenters. The van der Waals surface area contributed by atoms with E-state index in [4.69, 9.17) is 11.6 Å². The van der Waals surface area contributed by atoms with E-state index in [0.717, 1.165) is 6.07 Å². The van der Waals surface area contributed by atoms with E-state index in [9.17, 15) is 8.78 Å². The van der Waals surface area contributed by atoms with Crippen LogP contribution in [0.15, 0.2) is 16.6 Å². The van der Waals surface area contributed by atoms with Gasteiger partial charge in [-0.1, -0.05) is 25.4 Å². The molecule has 5 heteroatoms. The molecule has 0 fully saturated rings. The molecular formula is C12H9BrClF2N. The fourth-order valence-corrected chi connectivity index (χ4v) is 2.40. The minimum absolute atomic E-state index is 0.0416. The van der Waals surface area contributed by atoms with E-state index in [2.05, 4.69) is 20.9 Å². The normalized spacial score (nSPS) is 11.5. The van der Waals surface area contributed by atoms with Crippen molar-refractivity contribution in [2.45, 2.75) is 19.8 Å². The van der Waals surface area contributed by atoms with Crippen LogP contribution in [0.5, 0.6) is 0 Å². The molecule has 2 aromatic rings. The summed E-state index contributed by atoms with van der Waals surface area (Å²) in [6, 6.07) is 2.61. The Morgan fingerprint density at radius 2 is 1.94 bits per heavy atom. The third-order valence-electron chi connectivity index (χ3n) is 2.55. The van der Waals surface area contributed by atoms with E-state index in [-0.39, 0.29) is 26.4 Å². The number of hydrogen-bond acceptors (Lipinski definition) is 1. The molecular weight excluding hydrogens is 311 g/mol. The molecule has 1 heterocycles. The van der Waals surface area contributed by atoms with Crippen molar-refractivity contribution in [2.75, 3.05) is 0 Å². The molecule has 0 N–H and O–H groups in total. The van der Waals surface area contributed by atoms with Gasteiger partial charge in [0.15, 0.2) is 5.82 Å². The summed E-state index contributed by atoms with van der Waals surface area (Å²) in [5.41, 5.74) is 0.663. The van der Waals surface area contributed by atoms with Gasteiger partial charge in [-0.3, -0.25) is 0 Å². The first-order chi connectivity index (χ1) is 7.91. The summed E-state index contributed by atoms with van der Waals surface area (Å²) in [6.07, 6.45) is 0. The quantitative estimate of drug-likeness (QED) is 0.529. The van der Waals surface area contributed by atoms with Crippen LogP contribution in [0.3, 0.4) is 0 Å². The van der Waals surface area contributed by atoms with Crippen LogP contribution in [-0.2, 0) is 0 Å². The van der Waals surface area contributed by atoms with Crippen molar-refractivity contribution in [2.24, 2.45) is 0 Å². The molecule has 90 valence electrons. The summed E-state index contributed by atoms with van der Waals surface area (Å²) in [4.78, 5) is 3.93. The van der Waals surface area contributed by atoms with Gasteiger partial charge in [0.2, 0.25) is 0 Å². The van der Waals surface area contributed by atoms with E-state index in [0.29, 0.717) is 5.56 Å². The SMILES string of the molecule is CC(C)c1cc2c(F)c(Br)cc(F)c2nc1Cl. The lowest BCUT2D eigenvalue weighted by Crippen LogP contribution is -1.97. The standard InChI is InChI=1S/C12H9BrClF2N/c1-5(2)6-3-7-10(16)8(13)4-9(15)11(7)17-12(6)14/h3-5H,1-2H3. The van der Waals surface area contributed by atoms with Crippen molar-refractivity contribution < 1.29 is 8.78 Å². The molecule has 1 aromatic heterocycles. The smallest absolute Gasteiger partial charge is 0.150 e. The molecule has 0 amide bonds. The first kappa shape index (κ1) is 12.7. The van der Waals surface area contributed by atoms with Crippen LogP contribution in [0.25, 0.3) is 10.9 Å². The van der Waals surface area contributed by atoms with Gasteiger partial charge in [-0.25, -0.2) is 13.8 Å². The minimum atomic E-state index is -0.592. The summed E-state index contributed by atoms with van der Waals surface area (Å²) in [5, 5.41) is 0.359. The third-order valence-corrected chi connectivity index (χ3v) is 3.43. The lowest BCUT2D eigenvalue weighted by molar-refractivity contribution is 0.609. The maximum Gasteiger partial charge on any atom is 0.150 e. The summed E-state index contributed by atoms with van der Waals surface area (Å²) in [7, 11) is 0. The molecule has 2 rings (SSSR count). The van der Waals surface area contributed by atoms with Crippen LogP contribution >= 0.6 is 27.5 Å². The average Bonchev–Trinajstić information content (AvgIpc) is 2.25. The van der Waals surface area contributed by atoms with Gasteiger partial charge in [-0.05, 0) is 39.5 Å². The van der Waals surface area contributed by atoms with E-state index in [1.54, 1.807) is 6.07 Å². The molecule has 0 spiro atoms. The monoisotopic (exact) mass is 319 g/mol.